The molecule has 124 valence electrons. The van der Waals surface area contributed by atoms with Gasteiger partial charge in [0.2, 0.25) is 0 Å². The summed E-state index contributed by atoms with van der Waals surface area (Å²) in [6.45, 7) is 0. The lowest BCUT2D eigenvalue weighted by atomic mass is 10.2. The van der Waals surface area contributed by atoms with E-state index in [4.69, 9.17) is 0 Å². The minimum atomic E-state index is -4.78. The SMILES string of the molecule is O=S(=O)(Nc1cc(F)ccc1F)c1ccc(Br)c(C(F)(F)F)c1. The van der Waals surface area contributed by atoms with Crippen molar-refractivity contribution in [2.24, 2.45) is 0 Å². The van der Waals surface area contributed by atoms with Crippen LogP contribution in [-0.4, -0.2) is 8.42 Å². The van der Waals surface area contributed by atoms with Gasteiger partial charge in [-0.25, -0.2) is 17.2 Å². The molecule has 0 aliphatic rings. The molecule has 3 nitrogen and oxygen atoms in total. The van der Waals surface area contributed by atoms with Gasteiger partial charge in [-0.2, -0.15) is 13.2 Å². The van der Waals surface area contributed by atoms with Crippen molar-refractivity contribution < 1.29 is 30.4 Å². The average molecular weight is 416 g/mol. The second-order valence-corrected chi connectivity index (χ2v) is 6.91. The van der Waals surface area contributed by atoms with Gasteiger partial charge in [0.15, 0.2) is 0 Å². The Kier molecular flexibility index (Phi) is 4.67. The number of hydrogen-bond donors (Lipinski definition) is 1. The molecule has 1 N–H and O–H groups in total. The van der Waals surface area contributed by atoms with Crippen LogP contribution in [0.4, 0.5) is 27.6 Å². The minimum Gasteiger partial charge on any atom is -0.277 e. The molecule has 0 amide bonds. The van der Waals surface area contributed by atoms with E-state index in [2.05, 4.69) is 15.9 Å². The van der Waals surface area contributed by atoms with Crippen LogP contribution >= 0.6 is 15.9 Å². The normalized spacial score (nSPS) is 12.3. The van der Waals surface area contributed by atoms with Gasteiger partial charge < -0.3 is 0 Å². The summed E-state index contributed by atoms with van der Waals surface area (Å²) in [6.07, 6.45) is -4.78. The molecule has 0 bridgehead atoms. The number of rotatable bonds is 3. The van der Waals surface area contributed by atoms with Crippen LogP contribution in [-0.2, 0) is 16.2 Å². The first-order valence-corrected chi connectivity index (χ1v) is 8.13. The third kappa shape index (κ3) is 3.99. The molecule has 0 radical (unpaired) electrons. The van der Waals surface area contributed by atoms with Crippen molar-refractivity contribution in [3.05, 3.63) is 58.1 Å². The summed E-state index contributed by atoms with van der Waals surface area (Å²) in [5.41, 5.74) is -1.92. The lowest BCUT2D eigenvalue weighted by Crippen LogP contribution is -2.16. The van der Waals surface area contributed by atoms with Crippen LogP contribution in [0, 0.1) is 11.6 Å². The Balaban J connectivity index is 2.46. The second kappa shape index (κ2) is 6.08. The van der Waals surface area contributed by atoms with Crippen LogP contribution in [0.2, 0.25) is 0 Å². The van der Waals surface area contributed by atoms with E-state index in [0.717, 1.165) is 18.2 Å². The summed E-state index contributed by atoms with van der Waals surface area (Å²) in [6, 6.07) is 4.24. The molecule has 0 spiro atoms. The molecule has 0 unspecified atom stereocenters. The molecule has 0 saturated heterocycles. The Morgan fingerprint density at radius 3 is 2.26 bits per heavy atom. The predicted molar refractivity (Wildman–Crippen MR) is 76.3 cm³/mol. The van der Waals surface area contributed by atoms with Crippen LogP contribution in [0.15, 0.2) is 45.8 Å². The molecule has 23 heavy (non-hydrogen) atoms. The van der Waals surface area contributed by atoms with Gasteiger partial charge in [0.25, 0.3) is 10.0 Å². The van der Waals surface area contributed by atoms with Crippen molar-refractivity contribution in [2.75, 3.05) is 4.72 Å². The van der Waals surface area contributed by atoms with Gasteiger partial charge in [-0.05, 0) is 30.3 Å². The fourth-order valence-corrected chi connectivity index (χ4v) is 3.22. The van der Waals surface area contributed by atoms with E-state index in [1.807, 2.05) is 0 Å². The highest BCUT2D eigenvalue weighted by atomic mass is 79.9. The van der Waals surface area contributed by atoms with Crippen molar-refractivity contribution in [3.63, 3.8) is 0 Å². The number of sulfonamides is 1. The van der Waals surface area contributed by atoms with Crippen molar-refractivity contribution >= 4 is 31.6 Å². The lowest BCUT2D eigenvalue weighted by Gasteiger charge is -2.13. The highest BCUT2D eigenvalue weighted by molar-refractivity contribution is 9.10. The quantitative estimate of drug-likeness (QED) is 0.747. The maximum absolute atomic E-state index is 13.5. The first-order valence-electron chi connectivity index (χ1n) is 5.85. The molecule has 0 saturated carbocycles. The van der Waals surface area contributed by atoms with Gasteiger partial charge in [-0.1, -0.05) is 15.9 Å². The molecule has 0 fully saturated rings. The van der Waals surface area contributed by atoms with Gasteiger partial charge >= 0.3 is 6.18 Å². The molecule has 0 aliphatic heterocycles. The van der Waals surface area contributed by atoms with E-state index in [0.29, 0.717) is 18.2 Å². The van der Waals surface area contributed by atoms with Crippen LogP contribution in [0.25, 0.3) is 0 Å². The van der Waals surface area contributed by atoms with Crippen LogP contribution < -0.4 is 4.72 Å². The van der Waals surface area contributed by atoms with Crippen molar-refractivity contribution in [2.45, 2.75) is 11.1 Å². The largest absolute Gasteiger partial charge is 0.417 e. The summed E-state index contributed by atoms with van der Waals surface area (Å²) >= 11 is 2.68. The summed E-state index contributed by atoms with van der Waals surface area (Å²) in [5.74, 6) is -1.97. The zero-order valence-electron chi connectivity index (χ0n) is 11.0. The number of hydrogen-bond acceptors (Lipinski definition) is 2. The second-order valence-electron chi connectivity index (χ2n) is 4.37. The molecule has 0 atom stereocenters. The lowest BCUT2D eigenvalue weighted by molar-refractivity contribution is -0.138. The monoisotopic (exact) mass is 415 g/mol. The van der Waals surface area contributed by atoms with E-state index in [-0.39, 0.29) is 4.47 Å². The highest BCUT2D eigenvalue weighted by Gasteiger charge is 2.34. The van der Waals surface area contributed by atoms with E-state index >= 15 is 0 Å². The van der Waals surface area contributed by atoms with Gasteiger partial charge in [0.1, 0.15) is 11.6 Å². The Labute approximate surface area is 136 Å². The summed E-state index contributed by atoms with van der Waals surface area (Å²) in [4.78, 5) is -0.739. The number of anilines is 1. The fourth-order valence-electron chi connectivity index (χ4n) is 1.67. The van der Waals surface area contributed by atoms with Gasteiger partial charge in [-0.3, -0.25) is 4.72 Å². The van der Waals surface area contributed by atoms with E-state index in [1.54, 1.807) is 4.72 Å². The highest BCUT2D eigenvalue weighted by Crippen LogP contribution is 2.36. The zero-order valence-corrected chi connectivity index (χ0v) is 13.4. The standard InChI is InChI=1S/C13H7BrF5NO2S/c14-10-3-2-8(6-9(10)13(17,18)19)23(21,22)20-12-5-7(15)1-4-11(12)16/h1-6,20H. The van der Waals surface area contributed by atoms with E-state index in [9.17, 15) is 30.4 Å². The molecule has 0 heterocycles. The summed E-state index contributed by atoms with van der Waals surface area (Å²) in [7, 11) is -4.53. The molecule has 2 rings (SSSR count). The fraction of sp³-hybridized carbons (Fsp3) is 0.0769. The van der Waals surface area contributed by atoms with Crippen molar-refractivity contribution in [1.29, 1.82) is 0 Å². The number of nitrogens with one attached hydrogen (secondary N) is 1. The number of halogens is 6. The maximum Gasteiger partial charge on any atom is 0.417 e. The molecule has 0 aliphatic carbocycles. The van der Waals surface area contributed by atoms with Crippen molar-refractivity contribution in [3.8, 4) is 0 Å². The molecular formula is C13H7BrF5NO2S. The molecule has 2 aromatic rings. The molecule has 2 aromatic carbocycles. The maximum atomic E-state index is 13.5. The smallest absolute Gasteiger partial charge is 0.277 e. The molecule has 10 heteroatoms. The summed E-state index contributed by atoms with van der Waals surface area (Å²) < 4.78 is 90.4. The molecule has 0 aromatic heterocycles. The Hall–Kier alpha value is -1.68. The topological polar surface area (TPSA) is 46.2 Å². The number of benzene rings is 2. The van der Waals surface area contributed by atoms with Gasteiger partial charge in [0.05, 0.1) is 16.1 Å². The van der Waals surface area contributed by atoms with Gasteiger partial charge in [0, 0.05) is 10.5 Å². The predicted octanol–water partition coefficient (Wildman–Crippen LogP) is 4.55. The Morgan fingerprint density at radius 2 is 1.65 bits per heavy atom. The van der Waals surface area contributed by atoms with Crippen LogP contribution in [0.3, 0.4) is 0 Å². The first kappa shape index (κ1) is 17.7. The van der Waals surface area contributed by atoms with Crippen LogP contribution in [0.1, 0.15) is 5.56 Å². The molecular weight excluding hydrogens is 409 g/mol. The number of alkyl halides is 3. The summed E-state index contributed by atoms with van der Waals surface area (Å²) in [5, 5.41) is 0. The zero-order chi connectivity index (χ0) is 17.4. The minimum absolute atomic E-state index is 0.346. The van der Waals surface area contributed by atoms with Crippen LogP contribution in [0.5, 0.6) is 0 Å². The van der Waals surface area contributed by atoms with Gasteiger partial charge in [-0.15, -0.1) is 0 Å². The Morgan fingerprint density at radius 1 is 1.00 bits per heavy atom. The third-order valence-corrected chi connectivity index (χ3v) is 4.78. The average Bonchev–Trinajstić information content (AvgIpc) is 2.41. The van der Waals surface area contributed by atoms with E-state index in [1.165, 1.54) is 0 Å². The van der Waals surface area contributed by atoms with E-state index < -0.39 is 44.0 Å². The Bertz CT molecular complexity index is 852. The van der Waals surface area contributed by atoms with Crippen molar-refractivity contribution in [1.82, 2.24) is 0 Å². The third-order valence-electron chi connectivity index (χ3n) is 2.73. The first-order chi connectivity index (χ1) is 10.5.